The second-order valence-corrected chi connectivity index (χ2v) is 5.05. The molecule has 0 unspecified atom stereocenters. The van der Waals surface area contributed by atoms with E-state index < -0.39 is 0 Å². The maximum absolute atomic E-state index is 5.32. The van der Waals surface area contributed by atoms with Crippen molar-refractivity contribution in [2.45, 2.75) is 6.42 Å². The number of hydrogen-bond acceptors (Lipinski definition) is 4. The molecule has 2 aromatic heterocycles. The second kappa shape index (κ2) is 5.41. The first-order valence-corrected chi connectivity index (χ1v) is 7.09. The summed E-state index contributed by atoms with van der Waals surface area (Å²) in [6.07, 6.45) is 3.73. The van der Waals surface area contributed by atoms with Gasteiger partial charge in [-0.2, -0.15) is 5.10 Å². The molecule has 0 fully saturated rings. The molecular formula is C18H13N3O. The SMILES string of the molecule is c1ccc(-c2nnc(Cc3cnco3)c3ccccc23)cc1. The van der Waals surface area contributed by atoms with Crippen molar-refractivity contribution in [3.05, 3.63) is 78.6 Å². The molecule has 22 heavy (non-hydrogen) atoms. The molecule has 0 spiro atoms. The first-order valence-electron chi connectivity index (χ1n) is 7.09. The van der Waals surface area contributed by atoms with Gasteiger partial charge in [-0.3, -0.25) is 0 Å². The summed E-state index contributed by atoms with van der Waals surface area (Å²) in [7, 11) is 0. The summed E-state index contributed by atoms with van der Waals surface area (Å²) in [6, 6.07) is 18.3. The Morgan fingerprint density at radius 3 is 2.36 bits per heavy atom. The molecular weight excluding hydrogens is 274 g/mol. The minimum Gasteiger partial charge on any atom is -0.448 e. The van der Waals surface area contributed by atoms with Crippen LogP contribution in [0.4, 0.5) is 0 Å². The van der Waals surface area contributed by atoms with Gasteiger partial charge in [0.1, 0.15) is 11.5 Å². The molecule has 2 aromatic carbocycles. The highest BCUT2D eigenvalue weighted by atomic mass is 16.3. The molecule has 0 N–H and O–H groups in total. The van der Waals surface area contributed by atoms with Crippen molar-refractivity contribution >= 4 is 10.8 Å². The lowest BCUT2D eigenvalue weighted by atomic mass is 10.0. The van der Waals surface area contributed by atoms with Crippen LogP contribution in [-0.4, -0.2) is 15.2 Å². The van der Waals surface area contributed by atoms with E-state index in [4.69, 9.17) is 4.42 Å². The Morgan fingerprint density at radius 1 is 0.818 bits per heavy atom. The molecule has 0 atom stereocenters. The van der Waals surface area contributed by atoms with E-state index >= 15 is 0 Å². The topological polar surface area (TPSA) is 51.8 Å². The Bertz CT molecular complexity index is 902. The minimum atomic E-state index is 0.586. The maximum Gasteiger partial charge on any atom is 0.180 e. The fourth-order valence-electron chi connectivity index (χ4n) is 2.59. The summed E-state index contributed by atoms with van der Waals surface area (Å²) < 4.78 is 5.32. The summed E-state index contributed by atoms with van der Waals surface area (Å²) in [5.74, 6) is 0.784. The van der Waals surface area contributed by atoms with Gasteiger partial charge in [0.2, 0.25) is 0 Å². The van der Waals surface area contributed by atoms with E-state index in [2.05, 4.69) is 27.3 Å². The van der Waals surface area contributed by atoms with Crippen molar-refractivity contribution in [3.8, 4) is 11.3 Å². The summed E-state index contributed by atoms with van der Waals surface area (Å²) in [5, 5.41) is 11.1. The smallest absolute Gasteiger partial charge is 0.180 e. The lowest BCUT2D eigenvalue weighted by molar-refractivity contribution is 0.512. The van der Waals surface area contributed by atoms with Gasteiger partial charge in [-0.25, -0.2) is 4.98 Å². The minimum absolute atomic E-state index is 0.586. The van der Waals surface area contributed by atoms with Gasteiger partial charge in [-0.15, -0.1) is 5.10 Å². The average molecular weight is 287 g/mol. The third-order valence-electron chi connectivity index (χ3n) is 3.64. The Balaban J connectivity index is 1.88. The Hall–Kier alpha value is -3.01. The monoisotopic (exact) mass is 287 g/mol. The molecule has 0 aliphatic rings. The summed E-state index contributed by atoms with van der Waals surface area (Å²) >= 11 is 0. The molecule has 0 aliphatic carbocycles. The third kappa shape index (κ3) is 2.24. The van der Waals surface area contributed by atoms with Gasteiger partial charge in [0.25, 0.3) is 0 Å². The molecule has 106 valence electrons. The van der Waals surface area contributed by atoms with E-state index in [1.54, 1.807) is 6.20 Å². The van der Waals surface area contributed by atoms with Crippen molar-refractivity contribution in [1.29, 1.82) is 0 Å². The van der Waals surface area contributed by atoms with E-state index in [1.165, 1.54) is 6.39 Å². The predicted octanol–water partition coefficient (Wildman–Crippen LogP) is 3.88. The van der Waals surface area contributed by atoms with Crippen LogP contribution < -0.4 is 0 Å². The average Bonchev–Trinajstić information content (AvgIpc) is 3.09. The van der Waals surface area contributed by atoms with E-state index in [9.17, 15) is 0 Å². The highest BCUT2D eigenvalue weighted by Gasteiger charge is 2.12. The molecule has 0 saturated heterocycles. The number of rotatable bonds is 3. The van der Waals surface area contributed by atoms with Crippen LogP contribution in [0.2, 0.25) is 0 Å². The van der Waals surface area contributed by atoms with Crippen LogP contribution >= 0.6 is 0 Å². The fourth-order valence-corrected chi connectivity index (χ4v) is 2.59. The van der Waals surface area contributed by atoms with Crippen LogP contribution in [0.15, 0.2) is 71.6 Å². The van der Waals surface area contributed by atoms with E-state index in [0.29, 0.717) is 6.42 Å². The fraction of sp³-hybridized carbons (Fsp3) is 0.0556. The largest absolute Gasteiger partial charge is 0.448 e. The third-order valence-corrected chi connectivity index (χ3v) is 3.64. The lowest BCUT2D eigenvalue weighted by Gasteiger charge is -2.08. The molecule has 4 nitrogen and oxygen atoms in total. The number of fused-ring (bicyclic) bond motifs is 1. The highest BCUT2D eigenvalue weighted by Crippen LogP contribution is 2.28. The van der Waals surface area contributed by atoms with Crippen LogP contribution in [0.3, 0.4) is 0 Å². The van der Waals surface area contributed by atoms with Crippen molar-refractivity contribution < 1.29 is 4.42 Å². The highest BCUT2D eigenvalue weighted by molar-refractivity contribution is 5.95. The quantitative estimate of drug-likeness (QED) is 0.574. The predicted molar refractivity (Wildman–Crippen MR) is 84.3 cm³/mol. The van der Waals surface area contributed by atoms with E-state index in [-0.39, 0.29) is 0 Å². The van der Waals surface area contributed by atoms with Crippen LogP contribution in [-0.2, 0) is 6.42 Å². The summed E-state index contributed by atoms with van der Waals surface area (Å²) in [6.45, 7) is 0. The molecule has 4 heteroatoms. The normalized spacial score (nSPS) is 10.9. The molecule has 0 saturated carbocycles. The standard InChI is InChI=1S/C18H13N3O/c1-2-6-13(7-3-1)18-16-9-5-4-8-15(16)17(20-21-18)10-14-11-19-12-22-14/h1-9,11-12H,10H2. The molecule has 0 amide bonds. The van der Waals surface area contributed by atoms with Crippen LogP contribution in [0.25, 0.3) is 22.0 Å². The van der Waals surface area contributed by atoms with Gasteiger partial charge in [0.05, 0.1) is 18.3 Å². The van der Waals surface area contributed by atoms with Crippen molar-refractivity contribution in [3.63, 3.8) is 0 Å². The van der Waals surface area contributed by atoms with Crippen LogP contribution in [0, 0.1) is 0 Å². The number of aromatic nitrogens is 3. The lowest BCUT2D eigenvalue weighted by Crippen LogP contribution is -1.98. The first kappa shape index (κ1) is 12.7. The molecule has 4 rings (SSSR count). The molecule has 0 aliphatic heterocycles. The molecule has 4 aromatic rings. The maximum atomic E-state index is 5.32. The van der Waals surface area contributed by atoms with Crippen molar-refractivity contribution in [1.82, 2.24) is 15.2 Å². The van der Waals surface area contributed by atoms with Gasteiger partial charge < -0.3 is 4.42 Å². The molecule has 2 heterocycles. The Kier molecular flexibility index (Phi) is 3.12. The zero-order valence-corrected chi connectivity index (χ0v) is 11.8. The number of hydrogen-bond donors (Lipinski definition) is 0. The Morgan fingerprint density at radius 2 is 1.59 bits per heavy atom. The summed E-state index contributed by atoms with van der Waals surface area (Å²) in [5.41, 5.74) is 2.86. The van der Waals surface area contributed by atoms with Gasteiger partial charge >= 0.3 is 0 Å². The Labute approximate surface area is 127 Å². The van der Waals surface area contributed by atoms with E-state index in [0.717, 1.165) is 33.5 Å². The van der Waals surface area contributed by atoms with Crippen LogP contribution in [0.5, 0.6) is 0 Å². The zero-order chi connectivity index (χ0) is 14.8. The van der Waals surface area contributed by atoms with Gasteiger partial charge in [0.15, 0.2) is 6.39 Å². The van der Waals surface area contributed by atoms with Crippen molar-refractivity contribution in [2.24, 2.45) is 0 Å². The van der Waals surface area contributed by atoms with Crippen LogP contribution in [0.1, 0.15) is 11.5 Å². The zero-order valence-electron chi connectivity index (χ0n) is 11.8. The number of oxazole rings is 1. The number of nitrogens with zero attached hydrogens (tertiary/aromatic N) is 3. The van der Waals surface area contributed by atoms with Gasteiger partial charge in [-0.05, 0) is 0 Å². The molecule has 0 radical (unpaired) electrons. The van der Waals surface area contributed by atoms with E-state index in [1.807, 2.05) is 42.5 Å². The number of benzene rings is 2. The summed E-state index contributed by atoms with van der Waals surface area (Å²) in [4.78, 5) is 3.95. The van der Waals surface area contributed by atoms with Gasteiger partial charge in [-0.1, -0.05) is 54.6 Å². The van der Waals surface area contributed by atoms with Crippen molar-refractivity contribution in [2.75, 3.05) is 0 Å². The second-order valence-electron chi connectivity index (χ2n) is 5.05. The molecule has 0 bridgehead atoms. The van der Waals surface area contributed by atoms with Gasteiger partial charge in [0, 0.05) is 16.3 Å². The first-order chi connectivity index (χ1) is 10.9.